The van der Waals surface area contributed by atoms with E-state index in [1.165, 1.54) is 7.11 Å². The molecule has 14 N–H and O–H groups in total. The molecule has 0 amide bonds. The first-order chi connectivity index (χ1) is 37.6. The Morgan fingerprint density at radius 3 is 1.55 bits per heavy atom. The van der Waals surface area contributed by atoms with Gasteiger partial charge in [-0.15, -0.1) is 0 Å². The molecule has 0 aromatic carbocycles. The van der Waals surface area contributed by atoms with Gasteiger partial charge in [-0.1, -0.05) is 46.3 Å². The number of aliphatic hydroxyl groups is 14. The van der Waals surface area contributed by atoms with Gasteiger partial charge in [0.15, 0.2) is 18.9 Å². The number of aliphatic hydroxyl groups excluding tert-OH is 14. The summed E-state index contributed by atoms with van der Waals surface area (Å²) in [6, 6.07) is 0. The maximum Gasteiger partial charge on any atom is 0.315 e. The van der Waals surface area contributed by atoms with Crippen LogP contribution in [-0.2, 0) is 52.2 Å². The molecule has 4 heterocycles. The number of hydrogen-bond donors (Lipinski definition) is 14. The van der Waals surface area contributed by atoms with Crippen molar-refractivity contribution in [2.45, 2.75) is 235 Å². The maximum absolute atomic E-state index is 14.9. The van der Waals surface area contributed by atoms with Crippen LogP contribution in [0.1, 0.15) is 106 Å². The SMILES string of the molecule is COC(=O)C1(C)CCC2(C(=O)OC3OC(CO)C(O)C(O)C3O)CCC3(C)C(=CCC4C5(C)CCC(OC6OC(CO)C(OC7OC(CO)C(O)C(O)C7O)C(OC7OC(CO)C(O)C(O)C7O)C6O)C(C)(C)C5CCC43C)C2C1. The second-order valence-electron chi connectivity index (χ2n) is 26.2. The first-order valence-electron chi connectivity index (χ1n) is 28.4. The van der Waals surface area contributed by atoms with Crippen molar-refractivity contribution in [2.75, 3.05) is 33.5 Å². The molecule has 4 saturated heterocycles. The number of fused-ring (bicyclic) bond motifs is 7. The highest BCUT2D eigenvalue weighted by Crippen LogP contribution is 2.76. The largest absolute Gasteiger partial charge is 0.469 e. The van der Waals surface area contributed by atoms with Crippen LogP contribution in [0.25, 0.3) is 0 Å². The Hall–Kier alpha value is -2.16. The van der Waals surface area contributed by atoms with Gasteiger partial charge in [-0.2, -0.15) is 0 Å². The number of ether oxygens (including phenoxy) is 9. The topological polar surface area (TPSA) is 400 Å². The fourth-order valence-electron chi connectivity index (χ4n) is 16.8. The molecule has 29 unspecified atom stereocenters. The van der Waals surface area contributed by atoms with E-state index in [2.05, 4.69) is 40.7 Å². The molecule has 0 spiro atoms. The molecule has 80 heavy (non-hydrogen) atoms. The van der Waals surface area contributed by atoms with Crippen molar-refractivity contribution in [1.29, 1.82) is 0 Å². The molecule has 8 fully saturated rings. The van der Waals surface area contributed by atoms with Gasteiger partial charge in [-0.25, -0.2) is 0 Å². The molecular weight excluding hydrogens is 1060 g/mol. The van der Waals surface area contributed by atoms with Crippen LogP contribution in [0.2, 0.25) is 0 Å². The normalized spacial score (nSPS) is 53.0. The second kappa shape index (κ2) is 22.9. The van der Waals surface area contributed by atoms with E-state index in [1.807, 2.05) is 6.92 Å². The highest BCUT2D eigenvalue weighted by Gasteiger charge is 2.71. The van der Waals surface area contributed by atoms with E-state index in [4.69, 9.17) is 42.6 Å². The minimum atomic E-state index is -1.96. The number of carbonyl (C=O) groups is 2. The number of methoxy groups -OCH3 is 1. The smallest absolute Gasteiger partial charge is 0.315 e. The summed E-state index contributed by atoms with van der Waals surface area (Å²) in [7, 11) is 1.34. The molecule has 0 bridgehead atoms. The highest BCUT2D eigenvalue weighted by molar-refractivity contribution is 5.81. The van der Waals surface area contributed by atoms with Gasteiger partial charge in [0.2, 0.25) is 6.29 Å². The average Bonchev–Trinajstić information content (AvgIpc) is 3.53. The molecule has 25 nitrogen and oxygen atoms in total. The summed E-state index contributed by atoms with van der Waals surface area (Å²) in [5.74, 6) is -1.45. The summed E-state index contributed by atoms with van der Waals surface area (Å²) >= 11 is 0. The van der Waals surface area contributed by atoms with Gasteiger partial charge in [-0.3, -0.25) is 9.59 Å². The van der Waals surface area contributed by atoms with Crippen molar-refractivity contribution in [2.24, 2.45) is 50.2 Å². The Morgan fingerprint density at radius 2 is 1.01 bits per heavy atom. The Labute approximate surface area is 464 Å². The summed E-state index contributed by atoms with van der Waals surface area (Å²) in [6.45, 7) is 9.84. The third-order valence-corrected chi connectivity index (χ3v) is 21.9. The minimum Gasteiger partial charge on any atom is -0.469 e. The lowest BCUT2D eigenvalue weighted by Gasteiger charge is -2.71. The average molecular weight is 1150 g/mol. The fraction of sp³-hybridized carbons (Fsp3) is 0.927. The molecule has 4 aliphatic heterocycles. The van der Waals surface area contributed by atoms with Crippen LogP contribution in [0.4, 0.5) is 0 Å². The lowest BCUT2D eigenvalue weighted by molar-refractivity contribution is -0.393. The number of hydrogen-bond acceptors (Lipinski definition) is 25. The molecule has 458 valence electrons. The monoisotopic (exact) mass is 1150 g/mol. The quantitative estimate of drug-likeness (QED) is 0.0500. The molecule has 29 atom stereocenters. The third kappa shape index (κ3) is 9.93. The van der Waals surface area contributed by atoms with Gasteiger partial charge in [-0.05, 0) is 111 Å². The van der Waals surface area contributed by atoms with Crippen molar-refractivity contribution in [1.82, 2.24) is 0 Å². The molecular formula is C55H88O25. The Kier molecular flexibility index (Phi) is 17.9. The second-order valence-corrected chi connectivity index (χ2v) is 26.2. The molecule has 9 rings (SSSR count). The lowest BCUT2D eigenvalue weighted by atomic mass is 9.33. The van der Waals surface area contributed by atoms with Gasteiger partial charge in [0.1, 0.15) is 97.7 Å². The first-order valence-corrected chi connectivity index (χ1v) is 28.4. The van der Waals surface area contributed by atoms with Gasteiger partial charge in [0.25, 0.3) is 0 Å². The lowest BCUT2D eigenvalue weighted by Crippen LogP contribution is -2.68. The molecule has 9 aliphatic rings. The molecule has 0 radical (unpaired) electrons. The molecule has 0 aromatic rings. The maximum atomic E-state index is 14.9. The van der Waals surface area contributed by atoms with Gasteiger partial charge in [0, 0.05) is 0 Å². The van der Waals surface area contributed by atoms with Crippen LogP contribution in [0, 0.1) is 50.2 Å². The van der Waals surface area contributed by atoms with E-state index in [0.29, 0.717) is 38.5 Å². The zero-order valence-electron chi connectivity index (χ0n) is 46.6. The zero-order chi connectivity index (χ0) is 58.6. The Balaban J connectivity index is 0.981. The van der Waals surface area contributed by atoms with Crippen LogP contribution in [0.3, 0.4) is 0 Å². The highest BCUT2D eigenvalue weighted by atomic mass is 16.8. The molecule has 5 aliphatic carbocycles. The predicted octanol–water partition coefficient (Wildman–Crippen LogP) is -2.88. The zero-order valence-corrected chi connectivity index (χ0v) is 46.6. The van der Waals surface area contributed by atoms with Crippen LogP contribution in [0.5, 0.6) is 0 Å². The van der Waals surface area contributed by atoms with Gasteiger partial charge < -0.3 is 114 Å². The first kappa shape index (κ1) is 62.4. The van der Waals surface area contributed by atoms with E-state index in [9.17, 15) is 81.1 Å². The standard InChI is InChI=1S/C55H88O25/c1-50(2)29-10-13-54(6)30(9-8-23-24-18-51(3,48(70)72-7)14-16-55(24,17-15-53(23,54)5)49(71)80-46-40(68)37(65)34(62)27(21-58)75-46)52(29,4)12-11-31(50)77-47-41(69)43(79-45-39(67)36(64)33(61)26(20-57)74-45)42(28(22-59)76-47)78-44-38(66)35(63)32(60)25(19-56)73-44/h8,24-47,56-69H,9-22H2,1-7H3. The van der Waals surface area contributed by atoms with Gasteiger partial charge in [0.05, 0.1) is 50.5 Å². The van der Waals surface area contributed by atoms with Crippen molar-refractivity contribution < 1.29 is 124 Å². The Bertz CT molecular complexity index is 2230. The number of rotatable bonds is 13. The third-order valence-electron chi connectivity index (χ3n) is 21.9. The molecule has 0 aromatic heterocycles. The molecule has 25 heteroatoms. The number of esters is 2. The van der Waals surface area contributed by atoms with Crippen LogP contribution < -0.4 is 0 Å². The Morgan fingerprint density at radius 1 is 0.525 bits per heavy atom. The van der Waals surface area contributed by atoms with Crippen molar-refractivity contribution in [3.05, 3.63) is 11.6 Å². The van der Waals surface area contributed by atoms with Gasteiger partial charge >= 0.3 is 11.9 Å². The number of carbonyl (C=O) groups excluding carboxylic acids is 2. The summed E-state index contributed by atoms with van der Waals surface area (Å²) in [4.78, 5) is 28.5. The predicted molar refractivity (Wildman–Crippen MR) is 269 cm³/mol. The van der Waals surface area contributed by atoms with E-state index < -0.39 is 195 Å². The van der Waals surface area contributed by atoms with Crippen LogP contribution in [0.15, 0.2) is 11.6 Å². The summed E-state index contributed by atoms with van der Waals surface area (Å²) in [5.41, 5.74) is -2.84. The van der Waals surface area contributed by atoms with Crippen LogP contribution in [-0.4, -0.2) is 246 Å². The van der Waals surface area contributed by atoms with Crippen LogP contribution >= 0.6 is 0 Å². The fourth-order valence-corrected chi connectivity index (χ4v) is 16.8. The van der Waals surface area contributed by atoms with E-state index in [0.717, 1.165) is 18.4 Å². The van der Waals surface area contributed by atoms with Crippen molar-refractivity contribution in [3.8, 4) is 0 Å². The molecule has 4 saturated carbocycles. The minimum absolute atomic E-state index is 0.0108. The van der Waals surface area contributed by atoms with E-state index in [-0.39, 0.29) is 35.5 Å². The van der Waals surface area contributed by atoms with Crippen molar-refractivity contribution >= 4 is 11.9 Å². The summed E-state index contributed by atoms with van der Waals surface area (Å²) in [6.07, 6.45) is -27.4. The van der Waals surface area contributed by atoms with E-state index in [1.54, 1.807) is 0 Å². The van der Waals surface area contributed by atoms with E-state index >= 15 is 0 Å². The summed E-state index contributed by atoms with van der Waals surface area (Å²) in [5, 5.41) is 149. The summed E-state index contributed by atoms with van der Waals surface area (Å²) < 4.78 is 53.6. The number of allylic oxidation sites excluding steroid dienone is 2. The van der Waals surface area contributed by atoms with Crippen molar-refractivity contribution in [3.63, 3.8) is 0 Å².